The average molecular weight is 421 g/mol. The molecule has 0 radical (unpaired) electrons. The molecule has 1 aliphatic carbocycles. The van der Waals surface area contributed by atoms with E-state index in [1.165, 1.54) is 12.1 Å². The van der Waals surface area contributed by atoms with Gasteiger partial charge in [-0.1, -0.05) is 22.8 Å². The molecule has 1 fully saturated rings. The number of carbonyl (C=O) groups is 1. The van der Waals surface area contributed by atoms with Crippen molar-refractivity contribution < 1.29 is 13.7 Å². The highest BCUT2D eigenvalue weighted by Crippen LogP contribution is 2.54. The van der Waals surface area contributed by atoms with E-state index in [-0.39, 0.29) is 11.7 Å². The molecule has 1 aromatic carbocycles. The second kappa shape index (κ2) is 7.33. The van der Waals surface area contributed by atoms with Crippen molar-refractivity contribution in [3.63, 3.8) is 0 Å². The van der Waals surface area contributed by atoms with Gasteiger partial charge < -0.3 is 4.52 Å². The maximum Gasteiger partial charge on any atom is 0.278 e. The van der Waals surface area contributed by atoms with Crippen molar-refractivity contribution in [1.82, 2.24) is 19.9 Å². The summed E-state index contributed by atoms with van der Waals surface area (Å²) in [5.41, 5.74) is 2.04. The number of rotatable bonds is 7. The molecule has 0 unspecified atom stereocenters. The zero-order chi connectivity index (χ0) is 19.9. The Labute approximate surface area is 170 Å². The van der Waals surface area contributed by atoms with Crippen molar-refractivity contribution in [2.24, 2.45) is 0 Å². The fraction of sp³-hybridized carbons (Fsp3) is 0.368. The Morgan fingerprint density at radius 2 is 2.21 bits per heavy atom. The number of halogens is 2. The predicted molar refractivity (Wildman–Crippen MR) is 105 cm³/mol. The molecule has 0 bridgehead atoms. The van der Waals surface area contributed by atoms with Crippen LogP contribution in [0, 0.1) is 12.7 Å². The predicted octanol–water partition coefficient (Wildman–Crippen LogP) is 4.29. The molecule has 9 heteroatoms. The maximum atomic E-state index is 13.4. The number of aryl methyl sites for hydroxylation is 1. The first-order valence-electron chi connectivity index (χ1n) is 8.82. The third-order valence-corrected chi connectivity index (χ3v) is 6.01. The smallest absolute Gasteiger partial charge is 0.278 e. The number of carbonyl (C=O) groups excluding carboxylic acids is 1. The van der Waals surface area contributed by atoms with Gasteiger partial charge in [0.2, 0.25) is 0 Å². The number of aromatic nitrogens is 4. The zero-order valence-electron chi connectivity index (χ0n) is 15.4. The lowest BCUT2D eigenvalue weighted by Crippen LogP contribution is -2.11. The first kappa shape index (κ1) is 19.1. The largest absolute Gasteiger partial charge is 0.332 e. The van der Waals surface area contributed by atoms with Gasteiger partial charge in [-0.2, -0.15) is 21.8 Å². The summed E-state index contributed by atoms with van der Waals surface area (Å²) in [6.45, 7) is 2.43. The Kier molecular flexibility index (Phi) is 5.01. The molecule has 0 spiro atoms. The normalized spacial score (nSPS) is 15.0. The molecule has 6 nitrogen and oxygen atoms in total. The van der Waals surface area contributed by atoms with Crippen LogP contribution in [0.25, 0.3) is 11.6 Å². The van der Waals surface area contributed by atoms with Crippen LogP contribution >= 0.6 is 23.4 Å². The van der Waals surface area contributed by atoms with Crippen LogP contribution in [-0.4, -0.2) is 38.2 Å². The van der Waals surface area contributed by atoms with E-state index in [4.69, 9.17) is 16.1 Å². The summed E-state index contributed by atoms with van der Waals surface area (Å²) in [5, 5.41) is 9.01. The van der Waals surface area contributed by atoms with Crippen LogP contribution in [-0.2, 0) is 12.0 Å². The molecule has 4 rings (SSSR count). The first-order valence-corrected chi connectivity index (χ1v) is 10.6. The van der Waals surface area contributed by atoms with Gasteiger partial charge in [0, 0.05) is 16.3 Å². The molecule has 0 atom stereocenters. The van der Waals surface area contributed by atoms with E-state index in [2.05, 4.69) is 15.2 Å². The van der Waals surface area contributed by atoms with Crippen molar-refractivity contribution in [2.45, 2.75) is 31.7 Å². The van der Waals surface area contributed by atoms with Gasteiger partial charge in [0.25, 0.3) is 5.89 Å². The highest BCUT2D eigenvalue weighted by molar-refractivity contribution is 7.98. The van der Waals surface area contributed by atoms with Crippen LogP contribution in [0.2, 0.25) is 5.02 Å². The first-order chi connectivity index (χ1) is 13.5. The highest BCUT2D eigenvalue weighted by atomic mass is 35.5. The molecule has 1 saturated carbocycles. The third-order valence-electron chi connectivity index (χ3n) is 5.11. The summed E-state index contributed by atoms with van der Waals surface area (Å²) < 4.78 is 20.6. The molecule has 1 aliphatic rings. The number of benzene rings is 1. The standard InChI is InChI=1S/C19H18ClFN4O2S/c1-11-15(10-26)25(7-8-28-2)23-16(11)17-22-18(24-27-17)19(5-6-19)13-4-3-12(21)9-14(13)20/h3-4,9-10H,5-8H2,1-2H3. The van der Waals surface area contributed by atoms with Crippen molar-refractivity contribution in [3.8, 4) is 11.6 Å². The van der Waals surface area contributed by atoms with Crippen molar-refractivity contribution >= 4 is 29.6 Å². The summed E-state index contributed by atoms with van der Waals surface area (Å²) in [5.74, 6) is 1.22. The lowest BCUT2D eigenvalue weighted by atomic mass is 9.95. The molecular formula is C19H18ClFN4O2S. The Balaban J connectivity index is 1.70. The van der Waals surface area contributed by atoms with Crippen molar-refractivity contribution in [3.05, 3.63) is 51.7 Å². The topological polar surface area (TPSA) is 73.8 Å². The minimum absolute atomic E-state index is 0.267. The van der Waals surface area contributed by atoms with E-state index in [0.717, 1.165) is 30.4 Å². The van der Waals surface area contributed by atoms with Gasteiger partial charge in [-0.3, -0.25) is 9.48 Å². The van der Waals surface area contributed by atoms with Crippen LogP contribution in [0.15, 0.2) is 22.7 Å². The van der Waals surface area contributed by atoms with Crippen LogP contribution in [0.5, 0.6) is 0 Å². The minimum Gasteiger partial charge on any atom is -0.332 e. The van der Waals surface area contributed by atoms with Gasteiger partial charge in [0.15, 0.2) is 17.8 Å². The van der Waals surface area contributed by atoms with Crippen molar-refractivity contribution in [1.29, 1.82) is 0 Å². The number of hydrogen-bond donors (Lipinski definition) is 0. The fourth-order valence-corrected chi connectivity index (χ4v) is 4.10. The summed E-state index contributed by atoms with van der Waals surface area (Å²) in [6.07, 6.45) is 4.40. The van der Waals surface area contributed by atoms with Gasteiger partial charge in [0.05, 0.1) is 12.0 Å². The van der Waals surface area contributed by atoms with Crippen LogP contribution in [0.1, 0.15) is 40.3 Å². The monoisotopic (exact) mass is 420 g/mol. The molecule has 2 heterocycles. The van der Waals surface area contributed by atoms with Gasteiger partial charge in [-0.25, -0.2) is 4.39 Å². The Bertz CT molecular complexity index is 1040. The second-order valence-corrected chi connectivity index (χ2v) is 8.21. The van der Waals surface area contributed by atoms with E-state index in [9.17, 15) is 9.18 Å². The molecular weight excluding hydrogens is 403 g/mol. The van der Waals surface area contributed by atoms with Gasteiger partial charge in [-0.05, 0) is 43.7 Å². The maximum absolute atomic E-state index is 13.4. The Morgan fingerprint density at radius 3 is 2.86 bits per heavy atom. The molecule has 2 aromatic heterocycles. The Morgan fingerprint density at radius 1 is 1.43 bits per heavy atom. The average Bonchev–Trinajstić information content (AvgIpc) is 3.19. The lowest BCUT2D eigenvalue weighted by Gasteiger charge is -2.12. The third kappa shape index (κ3) is 3.14. The molecule has 146 valence electrons. The summed E-state index contributed by atoms with van der Waals surface area (Å²) >= 11 is 7.94. The van der Waals surface area contributed by atoms with Crippen molar-refractivity contribution in [2.75, 3.05) is 12.0 Å². The van der Waals surface area contributed by atoms with E-state index in [0.29, 0.717) is 34.3 Å². The number of nitrogens with zero attached hydrogens (tertiary/aromatic N) is 4. The fourth-order valence-electron chi connectivity index (χ4n) is 3.40. The molecule has 0 saturated heterocycles. The van der Waals surface area contributed by atoms with E-state index in [1.54, 1.807) is 22.5 Å². The van der Waals surface area contributed by atoms with Crippen LogP contribution in [0.4, 0.5) is 4.39 Å². The number of thioether (sulfide) groups is 1. The summed E-state index contributed by atoms with van der Waals surface area (Å²) in [6, 6.07) is 4.36. The molecule has 0 aliphatic heterocycles. The SMILES string of the molecule is CSCCn1nc(-c2nc(C3(c4ccc(F)cc4Cl)CC3)no2)c(C)c1C=O. The van der Waals surface area contributed by atoms with Crippen LogP contribution in [0.3, 0.4) is 0 Å². The zero-order valence-corrected chi connectivity index (χ0v) is 17.0. The highest BCUT2D eigenvalue weighted by Gasteiger charge is 2.51. The lowest BCUT2D eigenvalue weighted by molar-refractivity contribution is 0.111. The molecule has 3 aromatic rings. The molecule has 0 amide bonds. The summed E-state index contributed by atoms with van der Waals surface area (Å²) in [4.78, 5) is 16.1. The van der Waals surface area contributed by atoms with Gasteiger partial charge >= 0.3 is 0 Å². The van der Waals surface area contributed by atoms with Gasteiger partial charge in [0.1, 0.15) is 11.5 Å². The Hall–Kier alpha value is -2.19. The quantitative estimate of drug-likeness (QED) is 0.531. The van der Waals surface area contributed by atoms with Gasteiger partial charge in [-0.15, -0.1) is 0 Å². The molecule has 28 heavy (non-hydrogen) atoms. The van der Waals surface area contributed by atoms with Crippen LogP contribution < -0.4 is 0 Å². The summed E-state index contributed by atoms with van der Waals surface area (Å²) in [7, 11) is 0. The van der Waals surface area contributed by atoms with E-state index < -0.39 is 5.41 Å². The second-order valence-electron chi connectivity index (χ2n) is 6.82. The van der Waals surface area contributed by atoms with E-state index >= 15 is 0 Å². The van der Waals surface area contributed by atoms with E-state index in [1.807, 2.05) is 13.2 Å². The number of hydrogen-bond acceptors (Lipinski definition) is 6. The molecule has 0 N–H and O–H groups in total. The minimum atomic E-state index is -0.463. The number of aldehydes is 1.